The van der Waals surface area contributed by atoms with Gasteiger partial charge in [-0.3, -0.25) is 19.7 Å². The van der Waals surface area contributed by atoms with E-state index in [1.807, 2.05) is 12.1 Å². The smallest absolute Gasteiger partial charge is 0.308 e. The van der Waals surface area contributed by atoms with E-state index in [2.05, 4.69) is 5.32 Å². The first-order valence-electron chi connectivity index (χ1n) is 10.7. The van der Waals surface area contributed by atoms with E-state index >= 15 is 0 Å². The minimum atomic E-state index is -3.86. The summed E-state index contributed by atoms with van der Waals surface area (Å²) in [6.07, 6.45) is 0.162. The maximum absolute atomic E-state index is 13.5. The number of carbonyl (C=O) groups is 2. The predicted molar refractivity (Wildman–Crippen MR) is 128 cm³/mol. The molecule has 1 unspecified atom stereocenters. The highest BCUT2D eigenvalue weighted by Crippen LogP contribution is 2.37. The Morgan fingerprint density at radius 3 is 2.69 bits per heavy atom. The Hall–Kier alpha value is -3.68. The largest absolute Gasteiger partial charge is 0.456 e. The maximum Gasteiger partial charge on any atom is 0.308 e. The molecule has 0 saturated carbocycles. The quantitative estimate of drug-likeness (QED) is 0.265. The van der Waals surface area contributed by atoms with Crippen molar-refractivity contribution in [1.29, 1.82) is 0 Å². The van der Waals surface area contributed by atoms with E-state index in [1.165, 1.54) is 10.4 Å². The number of nitro groups is 1. The van der Waals surface area contributed by atoms with Crippen LogP contribution in [0, 0.1) is 15.9 Å². The zero-order valence-corrected chi connectivity index (χ0v) is 20.3. The van der Waals surface area contributed by atoms with Gasteiger partial charge in [-0.15, -0.1) is 11.3 Å². The van der Waals surface area contributed by atoms with Crippen LogP contribution in [0.3, 0.4) is 0 Å². The van der Waals surface area contributed by atoms with Gasteiger partial charge in [0, 0.05) is 18.3 Å². The number of sulfonamides is 1. The number of thiophene rings is 1. The molecule has 1 aliphatic rings. The molecule has 13 heteroatoms. The third-order valence-corrected chi connectivity index (χ3v) is 8.85. The molecule has 1 amide bonds. The lowest BCUT2D eigenvalue weighted by Gasteiger charge is -2.35. The summed E-state index contributed by atoms with van der Waals surface area (Å²) >= 11 is 1.08. The molecule has 36 heavy (non-hydrogen) atoms. The van der Waals surface area contributed by atoms with Gasteiger partial charge in [0.25, 0.3) is 15.9 Å². The van der Waals surface area contributed by atoms with Crippen LogP contribution in [0.2, 0.25) is 0 Å². The molecule has 188 valence electrons. The topological polar surface area (TPSA) is 136 Å². The number of nitrogens with zero attached hydrogens (tertiary/aromatic N) is 2. The summed E-state index contributed by atoms with van der Waals surface area (Å²) in [4.78, 5) is 34.8. The van der Waals surface area contributed by atoms with Crippen LogP contribution in [0.5, 0.6) is 0 Å². The van der Waals surface area contributed by atoms with Crippen LogP contribution in [-0.2, 0) is 30.8 Å². The molecular formula is C23H20FN3O7S2. The van der Waals surface area contributed by atoms with Crippen molar-refractivity contribution in [3.05, 3.63) is 87.0 Å². The molecule has 0 fully saturated rings. The molecule has 2 heterocycles. The Kier molecular flexibility index (Phi) is 7.43. The number of fused-ring (bicyclic) bond motifs is 1. The zero-order valence-electron chi connectivity index (χ0n) is 18.6. The van der Waals surface area contributed by atoms with Gasteiger partial charge in [0.1, 0.15) is 4.21 Å². The lowest BCUT2D eigenvalue weighted by Crippen LogP contribution is -2.41. The first-order chi connectivity index (χ1) is 17.2. The van der Waals surface area contributed by atoms with E-state index in [4.69, 9.17) is 4.74 Å². The number of nitrogens with one attached hydrogen (secondary N) is 1. The van der Waals surface area contributed by atoms with Crippen LogP contribution in [-0.4, -0.2) is 42.7 Å². The third-order valence-electron chi connectivity index (χ3n) is 5.57. The Labute approximate surface area is 209 Å². The summed E-state index contributed by atoms with van der Waals surface area (Å²) in [5.74, 6) is -2.65. The average molecular weight is 534 g/mol. The van der Waals surface area contributed by atoms with Gasteiger partial charge < -0.3 is 10.1 Å². The fourth-order valence-electron chi connectivity index (χ4n) is 3.94. The van der Waals surface area contributed by atoms with Crippen LogP contribution in [0.25, 0.3) is 0 Å². The van der Waals surface area contributed by atoms with Crippen molar-refractivity contribution >= 4 is 44.6 Å². The van der Waals surface area contributed by atoms with Crippen LogP contribution in [0.4, 0.5) is 15.8 Å². The number of ether oxygens (including phenoxy) is 1. The van der Waals surface area contributed by atoms with Crippen molar-refractivity contribution in [2.75, 3.05) is 18.5 Å². The summed E-state index contributed by atoms with van der Waals surface area (Å²) in [5.41, 5.74) is 0.749. The van der Waals surface area contributed by atoms with Crippen LogP contribution >= 0.6 is 11.3 Å². The van der Waals surface area contributed by atoms with Gasteiger partial charge in [0.2, 0.25) is 5.82 Å². The first kappa shape index (κ1) is 25.4. The first-order valence-corrected chi connectivity index (χ1v) is 13.0. The number of anilines is 1. The number of hydrogen-bond acceptors (Lipinski definition) is 8. The number of halogens is 1. The van der Waals surface area contributed by atoms with Crippen molar-refractivity contribution in [3.8, 4) is 0 Å². The Balaban J connectivity index is 1.45. The van der Waals surface area contributed by atoms with Gasteiger partial charge in [-0.2, -0.15) is 8.70 Å². The molecule has 2 aromatic carbocycles. The molecule has 0 saturated heterocycles. The molecule has 1 N–H and O–H groups in total. The van der Waals surface area contributed by atoms with Crippen molar-refractivity contribution in [1.82, 2.24) is 4.31 Å². The number of esters is 1. The lowest BCUT2D eigenvalue weighted by molar-refractivity contribution is -0.387. The molecule has 4 rings (SSSR count). The van der Waals surface area contributed by atoms with Crippen molar-refractivity contribution < 1.29 is 32.1 Å². The number of hydrogen-bond donors (Lipinski definition) is 1. The highest BCUT2D eigenvalue weighted by Gasteiger charge is 2.38. The summed E-state index contributed by atoms with van der Waals surface area (Å²) < 4.78 is 46.5. The standard InChI is InChI=1S/C23H20FN3O7S2/c24-18-8-7-16(12-20(18)27(30)31)25-21(28)14-34-22(29)13-19-17-5-2-1-4-15(17)9-10-26(19)36(32,33)23-6-3-11-35-23/h1-8,11-12,19H,9-10,13-14H2,(H,25,28). The number of rotatable bonds is 8. The van der Waals surface area contributed by atoms with E-state index in [-0.39, 0.29) is 22.9 Å². The maximum atomic E-state index is 13.5. The summed E-state index contributed by atoms with van der Waals surface area (Å²) in [6, 6.07) is 12.4. The highest BCUT2D eigenvalue weighted by atomic mass is 32.2. The second kappa shape index (κ2) is 10.5. The van der Waals surface area contributed by atoms with E-state index in [0.717, 1.165) is 35.1 Å². The molecule has 0 aliphatic carbocycles. The molecule has 1 atom stereocenters. The van der Waals surface area contributed by atoms with Gasteiger partial charge in [0.15, 0.2) is 6.61 Å². The van der Waals surface area contributed by atoms with Gasteiger partial charge in [0.05, 0.1) is 17.4 Å². The number of benzene rings is 2. The van der Waals surface area contributed by atoms with Gasteiger partial charge in [-0.05, 0) is 41.1 Å². The number of amides is 1. The lowest BCUT2D eigenvalue weighted by atomic mass is 9.92. The average Bonchev–Trinajstić information content (AvgIpc) is 3.40. The second-order valence-corrected chi connectivity index (χ2v) is 10.9. The minimum absolute atomic E-state index is 0.0430. The Morgan fingerprint density at radius 1 is 1.19 bits per heavy atom. The molecular weight excluding hydrogens is 513 g/mol. The minimum Gasteiger partial charge on any atom is -0.456 e. The molecule has 1 aliphatic heterocycles. The molecule has 3 aromatic rings. The normalized spacial score (nSPS) is 15.6. The number of carbonyl (C=O) groups excluding carboxylic acids is 2. The number of nitro benzene ring substituents is 1. The predicted octanol–water partition coefficient (Wildman–Crippen LogP) is 3.66. The fraction of sp³-hybridized carbons (Fsp3) is 0.217. The summed E-state index contributed by atoms with van der Waals surface area (Å²) in [5, 5.41) is 14.8. The van der Waals surface area contributed by atoms with Gasteiger partial charge in [-0.1, -0.05) is 30.3 Å². The zero-order chi connectivity index (χ0) is 25.9. The second-order valence-electron chi connectivity index (χ2n) is 7.85. The molecule has 0 bridgehead atoms. The van der Waals surface area contributed by atoms with Crippen molar-refractivity contribution in [2.45, 2.75) is 23.1 Å². The molecule has 0 spiro atoms. The van der Waals surface area contributed by atoms with E-state index in [0.29, 0.717) is 12.0 Å². The van der Waals surface area contributed by atoms with Crippen molar-refractivity contribution in [2.24, 2.45) is 0 Å². The van der Waals surface area contributed by atoms with Crippen molar-refractivity contribution in [3.63, 3.8) is 0 Å². The van der Waals surface area contributed by atoms with E-state index in [1.54, 1.807) is 23.6 Å². The Morgan fingerprint density at radius 2 is 1.97 bits per heavy atom. The highest BCUT2D eigenvalue weighted by molar-refractivity contribution is 7.91. The SMILES string of the molecule is O=C(COC(=O)CC1c2ccccc2CCN1S(=O)(=O)c1cccs1)Nc1ccc(F)c([N+](=O)[O-])c1. The van der Waals surface area contributed by atoms with Crippen LogP contribution < -0.4 is 5.32 Å². The monoisotopic (exact) mass is 533 g/mol. The van der Waals surface area contributed by atoms with Crippen LogP contribution in [0.15, 0.2) is 64.2 Å². The molecule has 0 radical (unpaired) electrons. The Bertz CT molecular complexity index is 1410. The van der Waals surface area contributed by atoms with Gasteiger partial charge >= 0.3 is 11.7 Å². The fourth-order valence-corrected chi connectivity index (χ4v) is 6.67. The summed E-state index contributed by atoms with van der Waals surface area (Å²) in [7, 11) is -3.86. The van der Waals surface area contributed by atoms with E-state index in [9.17, 15) is 32.5 Å². The van der Waals surface area contributed by atoms with Gasteiger partial charge in [-0.25, -0.2) is 8.42 Å². The van der Waals surface area contributed by atoms with Crippen LogP contribution in [0.1, 0.15) is 23.6 Å². The van der Waals surface area contributed by atoms with E-state index < -0.39 is 51.0 Å². The molecule has 10 nitrogen and oxygen atoms in total. The molecule has 1 aromatic heterocycles. The third kappa shape index (κ3) is 5.42. The summed E-state index contributed by atoms with van der Waals surface area (Å²) in [6.45, 7) is -0.533.